The zero-order chi connectivity index (χ0) is 14.7. The van der Waals surface area contributed by atoms with E-state index < -0.39 is 18.1 Å². The van der Waals surface area contributed by atoms with Crippen molar-refractivity contribution in [2.45, 2.75) is 18.6 Å². The standard InChI is InChI=1S/C12H21N3O5/c16-6-5-13-1-3-14(4-2-13)12(20)15-8-9(17)7-10(15)11(18)19/h9-10,16-17H,1-8H2,(H,18,19). The van der Waals surface area contributed by atoms with Gasteiger partial charge in [0.05, 0.1) is 12.7 Å². The maximum atomic E-state index is 12.3. The van der Waals surface area contributed by atoms with Gasteiger partial charge in [-0.15, -0.1) is 0 Å². The van der Waals surface area contributed by atoms with Crippen LogP contribution >= 0.6 is 0 Å². The number of amides is 2. The first kappa shape index (κ1) is 15.0. The average Bonchev–Trinajstić information content (AvgIpc) is 2.81. The predicted molar refractivity (Wildman–Crippen MR) is 69.2 cm³/mol. The summed E-state index contributed by atoms with van der Waals surface area (Å²) < 4.78 is 0. The highest BCUT2D eigenvalue weighted by atomic mass is 16.4. The number of aliphatic hydroxyl groups excluding tert-OH is 2. The number of hydrogen-bond donors (Lipinski definition) is 3. The Kier molecular flexibility index (Phi) is 4.79. The molecule has 8 heteroatoms. The number of hydrogen-bond acceptors (Lipinski definition) is 5. The van der Waals surface area contributed by atoms with E-state index in [0.717, 1.165) is 0 Å². The molecule has 2 fully saturated rings. The third-order valence-corrected chi connectivity index (χ3v) is 3.87. The molecule has 0 bridgehead atoms. The van der Waals surface area contributed by atoms with Crippen molar-refractivity contribution in [2.24, 2.45) is 0 Å². The molecule has 0 aliphatic carbocycles. The Labute approximate surface area is 117 Å². The Hall–Kier alpha value is -1.38. The van der Waals surface area contributed by atoms with Crippen LogP contribution in [0, 0.1) is 0 Å². The second-order valence-corrected chi connectivity index (χ2v) is 5.23. The van der Waals surface area contributed by atoms with Crippen LogP contribution in [0.1, 0.15) is 6.42 Å². The molecule has 0 radical (unpaired) electrons. The summed E-state index contributed by atoms with van der Waals surface area (Å²) in [6.07, 6.45) is -0.679. The molecule has 2 rings (SSSR count). The molecule has 8 nitrogen and oxygen atoms in total. The average molecular weight is 287 g/mol. The summed E-state index contributed by atoms with van der Waals surface area (Å²) in [5, 5.41) is 27.5. The van der Waals surface area contributed by atoms with Crippen molar-refractivity contribution < 1.29 is 24.9 Å². The lowest BCUT2D eigenvalue weighted by Gasteiger charge is -2.37. The molecule has 2 atom stereocenters. The van der Waals surface area contributed by atoms with E-state index in [1.165, 1.54) is 4.90 Å². The van der Waals surface area contributed by atoms with E-state index in [4.69, 9.17) is 10.2 Å². The van der Waals surface area contributed by atoms with E-state index >= 15 is 0 Å². The lowest BCUT2D eigenvalue weighted by atomic mass is 10.2. The van der Waals surface area contributed by atoms with Crippen LogP contribution in [0.5, 0.6) is 0 Å². The number of rotatable bonds is 3. The number of aliphatic carboxylic acids is 1. The summed E-state index contributed by atoms with van der Waals surface area (Å²) in [4.78, 5) is 28.4. The number of aliphatic hydroxyl groups is 2. The van der Waals surface area contributed by atoms with Crippen LogP contribution < -0.4 is 0 Å². The summed E-state index contributed by atoms with van der Waals surface area (Å²) >= 11 is 0. The van der Waals surface area contributed by atoms with Crippen LogP contribution in [0.2, 0.25) is 0 Å². The van der Waals surface area contributed by atoms with Gasteiger partial charge in [-0.2, -0.15) is 0 Å². The first-order valence-corrected chi connectivity index (χ1v) is 6.82. The molecule has 0 aromatic carbocycles. The van der Waals surface area contributed by atoms with Gasteiger partial charge in [0.15, 0.2) is 0 Å². The number of carboxylic acids is 1. The number of likely N-dealkylation sites (tertiary alicyclic amines) is 1. The minimum atomic E-state index is -1.08. The van der Waals surface area contributed by atoms with Crippen molar-refractivity contribution in [1.82, 2.24) is 14.7 Å². The van der Waals surface area contributed by atoms with Gasteiger partial charge in [0.2, 0.25) is 0 Å². The predicted octanol–water partition coefficient (Wildman–Crippen LogP) is -1.76. The van der Waals surface area contributed by atoms with E-state index in [2.05, 4.69) is 4.90 Å². The molecule has 2 amide bonds. The molecule has 0 aromatic heterocycles. The molecular formula is C12H21N3O5. The molecular weight excluding hydrogens is 266 g/mol. The molecule has 2 aliphatic heterocycles. The third kappa shape index (κ3) is 3.20. The number of carbonyl (C=O) groups is 2. The second-order valence-electron chi connectivity index (χ2n) is 5.23. The summed E-state index contributed by atoms with van der Waals surface area (Å²) in [6.45, 7) is 3.11. The zero-order valence-electron chi connectivity index (χ0n) is 11.3. The van der Waals surface area contributed by atoms with Crippen LogP contribution in [0.15, 0.2) is 0 Å². The summed E-state index contributed by atoms with van der Waals surface area (Å²) in [6, 6.07) is -1.26. The quantitative estimate of drug-likeness (QED) is 0.568. The number of β-amino-alcohol motifs (C(OH)–C–C–N with tert-alkyl or cyclic N) is 2. The number of urea groups is 1. The van der Waals surface area contributed by atoms with Crippen LogP contribution in [-0.2, 0) is 4.79 Å². The number of carboxylic acid groups (broad SMARTS) is 1. The molecule has 3 N–H and O–H groups in total. The number of nitrogens with zero attached hydrogens (tertiary/aromatic N) is 3. The van der Waals surface area contributed by atoms with Crippen molar-refractivity contribution in [2.75, 3.05) is 45.9 Å². The van der Waals surface area contributed by atoms with Gasteiger partial charge < -0.3 is 25.1 Å². The Morgan fingerprint density at radius 3 is 2.35 bits per heavy atom. The summed E-state index contributed by atoms with van der Waals surface area (Å²) in [5.74, 6) is -1.08. The van der Waals surface area contributed by atoms with Gasteiger partial charge in [0, 0.05) is 45.7 Å². The largest absolute Gasteiger partial charge is 0.480 e. The van der Waals surface area contributed by atoms with Gasteiger partial charge in [0.25, 0.3) is 0 Å². The summed E-state index contributed by atoms with van der Waals surface area (Å²) in [7, 11) is 0. The Bertz CT molecular complexity index is 370. The van der Waals surface area contributed by atoms with Crippen molar-refractivity contribution in [3.63, 3.8) is 0 Å². The van der Waals surface area contributed by atoms with E-state index in [1.807, 2.05) is 0 Å². The smallest absolute Gasteiger partial charge is 0.326 e. The van der Waals surface area contributed by atoms with Crippen molar-refractivity contribution in [1.29, 1.82) is 0 Å². The molecule has 2 heterocycles. The highest BCUT2D eigenvalue weighted by Crippen LogP contribution is 2.20. The molecule has 0 spiro atoms. The third-order valence-electron chi connectivity index (χ3n) is 3.87. The number of piperazine rings is 1. The molecule has 2 saturated heterocycles. The van der Waals surface area contributed by atoms with Crippen LogP contribution in [0.25, 0.3) is 0 Å². The first-order valence-electron chi connectivity index (χ1n) is 6.82. The first-order chi connectivity index (χ1) is 9.52. The fourth-order valence-corrected chi connectivity index (χ4v) is 2.75. The lowest BCUT2D eigenvalue weighted by Crippen LogP contribution is -2.55. The van der Waals surface area contributed by atoms with Gasteiger partial charge >= 0.3 is 12.0 Å². The normalized spacial score (nSPS) is 27.9. The Balaban J connectivity index is 1.93. The van der Waals surface area contributed by atoms with Gasteiger partial charge in [0.1, 0.15) is 6.04 Å². The van der Waals surface area contributed by atoms with Crippen LogP contribution in [-0.4, -0.2) is 100 Å². The molecule has 2 aliphatic rings. The van der Waals surface area contributed by atoms with Gasteiger partial charge in [-0.1, -0.05) is 0 Å². The minimum Gasteiger partial charge on any atom is -0.480 e. The van der Waals surface area contributed by atoms with Crippen molar-refractivity contribution in [3.8, 4) is 0 Å². The van der Waals surface area contributed by atoms with Gasteiger partial charge in [-0.25, -0.2) is 9.59 Å². The molecule has 2 unspecified atom stereocenters. The maximum Gasteiger partial charge on any atom is 0.326 e. The molecule has 20 heavy (non-hydrogen) atoms. The fraction of sp³-hybridized carbons (Fsp3) is 0.833. The minimum absolute atomic E-state index is 0.0760. The number of carbonyl (C=O) groups excluding carboxylic acids is 1. The molecule has 0 saturated carbocycles. The van der Waals surface area contributed by atoms with E-state index in [1.54, 1.807) is 4.90 Å². The Morgan fingerprint density at radius 1 is 1.15 bits per heavy atom. The summed E-state index contributed by atoms with van der Waals surface area (Å²) in [5.41, 5.74) is 0. The van der Waals surface area contributed by atoms with E-state index in [9.17, 15) is 14.7 Å². The SMILES string of the molecule is O=C(O)C1CC(O)CN1C(=O)N1CCN(CCO)CC1. The molecule has 0 aromatic rings. The van der Waals surface area contributed by atoms with Crippen LogP contribution in [0.4, 0.5) is 4.79 Å². The lowest BCUT2D eigenvalue weighted by molar-refractivity contribution is -0.141. The Morgan fingerprint density at radius 2 is 1.80 bits per heavy atom. The van der Waals surface area contributed by atoms with Crippen molar-refractivity contribution in [3.05, 3.63) is 0 Å². The van der Waals surface area contributed by atoms with Crippen molar-refractivity contribution >= 4 is 12.0 Å². The fourth-order valence-electron chi connectivity index (χ4n) is 2.75. The van der Waals surface area contributed by atoms with Gasteiger partial charge in [-0.05, 0) is 0 Å². The maximum absolute atomic E-state index is 12.3. The topological polar surface area (TPSA) is 105 Å². The van der Waals surface area contributed by atoms with E-state index in [0.29, 0.717) is 32.7 Å². The highest BCUT2D eigenvalue weighted by Gasteiger charge is 2.41. The second kappa shape index (κ2) is 6.38. The van der Waals surface area contributed by atoms with E-state index in [-0.39, 0.29) is 25.6 Å². The van der Waals surface area contributed by atoms with Gasteiger partial charge in [-0.3, -0.25) is 4.90 Å². The van der Waals surface area contributed by atoms with Crippen LogP contribution in [0.3, 0.4) is 0 Å². The zero-order valence-corrected chi connectivity index (χ0v) is 11.3. The monoisotopic (exact) mass is 287 g/mol. The molecule has 114 valence electrons. The highest BCUT2D eigenvalue weighted by molar-refractivity contribution is 5.83.